The third kappa shape index (κ3) is 5.15. The molecule has 36 heavy (non-hydrogen) atoms. The Labute approximate surface area is 213 Å². The molecule has 4 rings (SSSR count). The first-order chi connectivity index (χ1) is 17.3. The molecule has 0 spiro atoms. The molecule has 1 fully saturated rings. The molecule has 0 bridgehead atoms. The number of aromatic nitrogens is 4. The van der Waals surface area contributed by atoms with Gasteiger partial charge in [-0.3, -0.25) is 4.90 Å². The first-order valence-electron chi connectivity index (χ1n) is 12.6. The monoisotopic (exact) mass is 494 g/mol. The van der Waals surface area contributed by atoms with Gasteiger partial charge in [-0.15, -0.1) is 0 Å². The van der Waals surface area contributed by atoms with Gasteiger partial charge in [0.25, 0.3) is 0 Å². The molecule has 0 radical (unpaired) electrons. The molecule has 3 aromatic rings. The molecule has 1 aliphatic heterocycles. The molecule has 3 N–H and O–H groups in total. The number of nitrogen functional groups attached to an aromatic ring is 1. The number of piperazine rings is 1. The Bertz CT molecular complexity index is 1180. The molecule has 1 aliphatic rings. The topological polar surface area (TPSA) is 115 Å². The molecule has 1 aromatic carbocycles. The van der Waals surface area contributed by atoms with E-state index in [2.05, 4.69) is 57.8 Å². The van der Waals surface area contributed by atoms with E-state index in [1.165, 1.54) is 0 Å². The van der Waals surface area contributed by atoms with Gasteiger partial charge in [0.2, 0.25) is 0 Å². The highest BCUT2D eigenvalue weighted by Gasteiger charge is 2.32. The molecule has 2 aromatic heterocycles. The molecular weight excluding hydrogens is 456 g/mol. The van der Waals surface area contributed by atoms with Crippen LogP contribution in [0.1, 0.15) is 34.1 Å². The van der Waals surface area contributed by atoms with Gasteiger partial charge in [-0.25, -0.2) is 19.9 Å². The van der Waals surface area contributed by atoms with E-state index in [0.29, 0.717) is 46.3 Å². The second-order valence-electron chi connectivity index (χ2n) is 9.65. The lowest BCUT2D eigenvalue weighted by Crippen LogP contribution is -2.53. The number of nitrogens with one attached hydrogen (secondary N) is 1. The third-order valence-electron chi connectivity index (χ3n) is 6.80. The van der Waals surface area contributed by atoms with Gasteiger partial charge in [-0.1, -0.05) is 0 Å². The average molecular weight is 495 g/mol. The van der Waals surface area contributed by atoms with Crippen LogP contribution in [0.4, 0.5) is 11.4 Å². The van der Waals surface area contributed by atoms with E-state index in [-0.39, 0.29) is 6.04 Å². The predicted molar refractivity (Wildman–Crippen MR) is 144 cm³/mol. The lowest BCUT2D eigenvalue weighted by atomic mass is 10.0. The Morgan fingerprint density at radius 1 is 1.08 bits per heavy atom. The maximum atomic E-state index is 6.43. The number of anilines is 2. The largest absolute Gasteiger partial charge is 0.491 e. The molecule has 0 saturated carbocycles. The molecule has 194 valence electrons. The summed E-state index contributed by atoms with van der Waals surface area (Å²) in [6.45, 7) is 12.5. The molecule has 1 atom stereocenters. The number of rotatable bonds is 9. The van der Waals surface area contributed by atoms with Crippen LogP contribution in [0.3, 0.4) is 0 Å². The number of hydrogen-bond donors (Lipinski definition) is 2. The van der Waals surface area contributed by atoms with Crippen molar-refractivity contribution in [3.63, 3.8) is 0 Å². The van der Waals surface area contributed by atoms with Gasteiger partial charge in [0.05, 0.1) is 31.8 Å². The van der Waals surface area contributed by atoms with Crippen LogP contribution >= 0.6 is 0 Å². The number of nitrogens with two attached hydrogens (primary N) is 1. The molecule has 3 heterocycles. The Hall–Kier alpha value is -3.24. The maximum absolute atomic E-state index is 6.43. The zero-order valence-corrected chi connectivity index (χ0v) is 22.2. The number of nitrogens with zero attached hydrogens (tertiary/aromatic N) is 6. The summed E-state index contributed by atoms with van der Waals surface area (Å²) in [4.78, 5) is 23.0. The van der Waals surface area contributed by atoms with Crippen LogP contribution in [0.2, 0.25) is 0 Å². The molecule has 10 nitrogen and oxygen atoms in total. The fraction of sp³-hybridized carbons (Fsp3) is 0.538. The SMILES string of the molecule is COc1c(N)cc(-c2ncc3nccnc3n2)c(N2CCNCC2CCN(C(C)C)C(C)C)c1OC. The quantitative estimate of drug-likeness (QED) is 0.430. The summed E-state index contributed by atoms with van der Waals surface area (Å²) in [6.07, 6.45) is 5.95. The average Bonchev–Trinajstić information content (AvgIpc) is 2.87. The Balaban J connectivity index is 1.82. The van der Waals surface area contributed by atoms with Crippen molar-refractivity contribution < 1.29 is 9.47 Å². The second kappa shape index (κ2) is 11.2. The minimum atomic E-state index is 0.236. The fourth-order valence-electron chi connectivity index (χ4n) is 5.13. The Morgan fingerprint density at radius 3 is 2.50 bits per heavy atom. The zero-order chi connectivity index (χ0) is 25.8. The highest BCUT2D eigenvalue weighted by Crippen LogP contribution is 2.48. The van der Waals surface area contributed by atoms with Gasteiger partial charge in [0.1, 0.15) is 5.52 Å². The molecule has 1 saturated heterocycles. The van der Waals surface area contributed by atoms with Crippen molar-refractivity contribution in [3.05, 3.63) is 24.7 Å². The Morgan fingerprint density at radius 2 is 1.81 bits per heavy atom. The minimum absolute atomic E-state index is 0.236. The van der Waals surface area contributed by atoms with Gasteiger partial charge in [-0.05, 0) is 40.2 Å². The summed E-state index contributed by atoms with van der Waals surface area (Å²) in [7, 11) is 3.26. The summed E-state index contributed by atoms with van der Waals surface area (Å²) >= 11 is 0. The Kier molecular flexibility index (Phi) is 8.05. The van der Waals surface area contributed by atoms with Gasteiger partial charge >= 0.3 is 0 Å². The molecule has 0 amide bonds. The van der Waals surface area contributed by atoms with Crippen LogP contribution in [-0.4, -0.2) is 83.4 Å². The van der Waals surface area contributed by atoms with Crippen molar-refractivity contribution in [3.8, 4) is 22.9 Å². The van der Waals surface area contributed by atoms with Gasteiger partial charge < -0.3 is 25.4 Å². The van der Waals surface area contributed by atoms with Crippen LogP contribution in [0, 0.1) is 0 Å². The summed E-state index contributed by atoms with van der Waals surface area (Å²) in [6, 6.07) is 3.06. The van der Waals surface area contributed by atoms with E-state index in [4.69, 9.17) is 20.2 Å². The number of ether oxygens (including phenoxy) is 2. The first kappa shape index (κ1) is 25.8. The van der Waals surface area contributed by atoms with Crippen molar-refractivity contribution >= 4 is 22.5 Å². The number of methoxy groups -OCH3 is 2. The van der Waals surface area contributed by atoms with Crippen LogP contribution < -0.4 is 25.4 Å². The van der Waals surface area contributed by atoms with Crippen LogP contribution in [0.25, 0.3) is 22.6 Å². The summed E-state index contributed by atoms with van der Waals surface area (Å²) < 4.78 is 11.6. The van der Waals surface area contributed by atoms with E-state index < -0.39 is 0 Å². The lowest BCUT2D eigenvalue weighted by molar-refractivity contribution is 0.166. The van der Waals surface area contributed by atoms with Crippen LogP contribution in [-0.2, 0) is 0 Å². The number of benzene rings is 1. The van der Waals surface area contributed by atoms with E-state index in [9.17, 15) is 0 Å². The standard InChI is InChI=1S/C26H38N8O2/c1-16(2)33(17(3)4)11-7-18-14-28-10-12-34(18)22-19(13-20(27)23(35-5)24(22)36-6)25-31-15-21-26(32-25)30-9-8-29-21/h8-9,13,15-18,28H,7,10-12,14,27H2,1-6H3. The predicted octanol–water partition coefficient (Wildman–Crippen LogP) is 2.97. The van der Waals surface area contributed by atoms with Crippen molar-refractivity contribution in [1.29, 1.82) is 0 Å². The fourth-order valence-corrected chi connectivity index (χ4v) is 5.13. The smallest absolute Gasteiger partial charge is 0.187 e. The minimum Gasteiger partial charge on any atom is -0.491 e. The van der Waals surface area contributed by atoms with E-state index in [1.807, 2.05) is 6.07 Å². The van der Waals surface area contributed by atoms with Gasteiger partial charge in [0.15, 0.2) is 23.0 Å². The van der Waals surface area contributed by atoms with E-state index >= 15 is 0 Å². The van der Waals surface area contributed by atoms with Crippen LogP contribution in [0.15, 0.2) is 24.7 Å². The molecule has 1 unspecified atom stereocenters. The first-order valence-corrected chi connectivity index (χ1v) is 12.6. The highest BCUT2D eigenvalue weighted by atomic mass is 16.5. The third-order valence-corrected chi connectivity index (χ3v) is 6.80. The normalized spacial score (nSPS) is 16.4. The van der Waals surface area contributed by atoms with Crippen molar-refractivity contribution in [2.75, 3.05) is 51.0 Å². The number of fused-ring (bicyclic) bond motifs is 1. The maximum Gasteiger partial charge on any atom is 0.187 e. The van der Waals surface area contributed by atoms with Crippen molar-refractivity contribution in [2.45, 2.75) is 52.2 Å². The summed E-state index contributed by atoms with van der Waals surface area (Å²) in [5.41, 5.74) is 9.74. The highest BCUT2D eigenvalue weighted by molar-refractivity contribution is 5.89. The summed E-state index contributed by atoms with van der Waals surface area (Å²) in [5.74, 6) is 1.63. The molecule has 10 heteroatoms. The molecular formula is C26H38N8O2. The van der Waals surface area contributed by atoms with E-state index in [0.717, 1.165) is 43.9 Å². The molecule has 0 aliphatic carbocycles. The lowest BCUT2D eigenvalue weighted by Gasteiger charge is -2.41. The van der Waals surface area contributed by atoms with E-state index in [1.54, 1.807) is 32.8 Å². The zero-order valence-electron chi connectivity index (χ0n) is 22.2. The van der Waals surface area contributed by atoms with Crippen molar-refractivity contribution in [1.82, 2.24) is 30.2 Å². The number of hydrogen-bond acceptors (Lipinski definition) is 10. The van der Waals surface area contributed by atoms with Crippen molar-refractivity contribution in [2.24, 2.45) is 0 Å². The summed E-state index contributed by atoms with van der Waals surface area (Å²) in [5, 5.41) is 3.57. The van der Waals surface area contributed by atoms with Gasteiger partial charge in [-0.2, -0.15) is 0 Å². The van der Waals surface area contributed by atoms with Crippen LogP contribution in [0.5, 0.6) is 11.5 Å². The second-order valence-corrected chi connectivity index (χ2v) is 9.65. The van der Waals surface area contributed by atoms with Gasteiger partial charge in [0, 0.05) is 62.3 Å².